The maximum atomic E-state index is 3.50. The smallest absolute Gasteiger partial charge is 0.0487 e. The van der Waals surface area contributed by atoms with Crippen LogP contribution < -0.4 is 0 Å². The fraction of sp³-hybridized carbons (Fsp3) is 0.556. The number of nitrogens with zero attached hydrogens (tertiary/aromatic N) is 1. The molecule has 1 saturated carbocycles. The van der Waals surface area contributed by atoms with E-state index in [1.54, 1.807) is 0 Å². The van der Waals surface area contributed by atoms with Gasteiger partial charge < -0.3 is 9.88 Å². The highest BCUT2D eigenvalue weighted by atomic mass is 15.1. The van der Waals surface area contributed by atoms with E-state index in [4.69, 9.17) is 0 Å². The van der Waals surface area contributed by atoms with Crippen molar-refractivity contribution >= 4 is 10.9 Å². The van der Waals surface area contributed by atoms with Gasteiger partial charge in [-0.2, -0.15) is 0 Å². The van der Waals surface area contributed by atoms with Crippen molar-refractivity contribution in [1.82, 2.24) is 9.88 Å². The molecular formula is C18H26N2. The second-order valence-corrected chi connectivity index (χ2v) is 6.55. The Bertz CT molecular complexity index is 576. The summed E-state index contributed by atoms with van der Waals surface area (Å²) in [6, 6.07) is 7.19. The van der Waals surface area contributed by atoms with Crippen LogP contribution in [0.25, 0.3) is 10.9 Å². The average Bonchev–Trinajstić information content (AvgIpc) is 2.85. The van der Waals surface area contributed by atoms with E-state index in [9.17, 15) is 0 Å². The predicted molar refractivity (Wildman–Crippen MR) is 86.0 cm³/mol. The van der Waals surface area contributed by atoms with Gasteiger partial charge in [0.2, 0.25) is 0 Å². The Morgan fingerprint density at radius 3 is 2.60 bits per heavy atom. The molecule has 1 aromatic carbocycles. The lowest BCUT2D eigenvalue weighted by Crippen LogP contribution is -2.28. The minimum absolute atomic E-state index is 0.547. The number of aryl methyl sites for hydroxylation is 1. The number of fused-ring (bicyclic) bond motifs is 1. The van der Waals surface area contributed by atoms with E-state index >= 15 is 0 Å². The predicted octanol–water partition coefficient (Wildman–Crippen LogP) is 4.66. The summed E-state index contributed by atoms with van der Waals surface area (Å²) in [5.41, 5.74) is 4.14. The first-order chi connectivity index (χ1) is 9.68. The Hall–Kier alpha value is -1.28. The van der Waals surface area contributed by atoms with E-state index in [0.717, 1.165) is 5.92 Å². The van der Waals surface area contributed by atoms with Crippen molar-refractivity contribution in [3.05, 3.63) is 35.5 Å². The van der Waals surface area contributed by atoms with E-state index in [1.807, 2.05) is 0 Å². The van der Waals surface area contributed by atoms with Crippen LogP contribution in [-0.4, -0.2) is 24.0 Å². The van der Waals surface area contributed by atoms with E-state index in [1.165, 1.54) is 54.1 Å². The summed E-state index contributed by atoms with van der Waals surface area (Å²) in [5, 5.41) is 1.41. The van der Waals surface area contributed by atoms with E-state index < -0.39 is 0 Å². The fourth-order valence-corrected chi connectivity index (χ4v) is 3.98. The quantitative estimate of drug-likeness (QED) is 0.859. The second kappa shape index (κ2) is 5.61. The summed E-state index contributed by atoms with van der Waals surface area (Å²) in [4.78, 5) is 5.92. The molecule has 2 heteroatoms. The summed E-state index contributed by atoms with van der Waals surface area (Å²) in [6.07, 6.45) is 9.22. The molecule has 0 amide bonds. The monoisotopic (exact) mass is 270 g/mol. The molecule has 0 aliphatic heterocycles. The lowest BCUT2D eigenvalue weighted by molar-refractivity contribution is 0.172. The zero-order valence-electron chi connectivity index (χ0n) is 12.9. The van der Waals surface area contributed by atoms with Crippen molar-refractivity contribution in [2.75, 3.05) is 14.1 Å². The number of benzene rings is 1. The molecule has 1 fully saturated rings. The third-order valence-corrected chi connectivity index (χ3v) is 4.93. The van der Waals surface area contributed by atoms with Gasteiger partial charge in [-0.15, -0.1) is 0 Å². The summed E-state index contributed by atoms with van der Waals surface area (Å²) in [5.74, 6) is 0.804. The molecular weight excluding hydrogens is 244 g/mol. The first-order valence-electron chi connectivity index (χ1n) is 7.91. The number of hydrogen-bond acceptors (Lipinski definition) is 1. The van der Waals surface area contributed by atoms with Crippen molar-refractivity contribution in [3.8, 4) is 0 Å². The fourth-order valence-electron chi connectivity index (χ4n) is 3.98. The molecule has 1 N–H and O–H groups in total. The molecule has 1 aliphatic carbocycles. The molecule has 1 heterocycles. The van der Waals surface area contributed by atoms with Gasteiger partial charge in [0.05, 0.1) is 0 Å². The van der Waals surface area contributed by atoms with Crippen LogP contribution in [0.15, 0.2) is 24.4 Å². The van der Waals surface area contributed by atoms with Gasteiger partial charge in [-0.05, 0) is 50.9 Å². The number of para-hydroxylation sites is 1. The third-order valence-electron chi connectivity index (χ3n) is 4.93. The SMILES string of the molecule is Cc1cccc2c(C(C3CCCCC3)N(C)C)c[nH]c12. The van der Waals surface area contributed by atoms with Crippen molar-refractivity contribution in [2.24, 2.45) is 5.92 Å². The van der Waals surface area contributed by atoms with Gasteiger partial charge in [0.15, 0.2) is 0 Å². The zero-order chi connectivity index (χ0) is 14.1. The maximum absolute atomic E-state index is 3.50. The lowest BCUT2D eigenvalue weighted by Gasteiger charge is -2.34. The summed E-state index contributed by atoms with van der Waals surface area (Å²) in [6.45, 7) is 2.19. The van der Waals surface area contributed by atoms with Gasteiger partial charge >= 0.3 is 0 Å². The van der Waals surface area contributed by atoms with Gasteiger partial charge in [0.25, 0.3) is 0 Å². The van der Waals surface area contributed by atoms with Gasteiger partial charge in [-0.1, -0.05) is 37.5 Å². The Labute approximate surface area is 122 Å². The van der Waals surface area contributed by atoms with Crippen molar-refractivity contribution < 1.29 is 0 Å². The molecule has 0 saturated heterocycles. The summed E-state index contributed by atoms with van der Waals surface area (Å²) >= 11 is 0. The number of nitrogens with one attached hydrogen (secondary N) is 1. The highest BCUT2D eigenvalue weighted by Crippen LogP contribution is 2.40. The Morgan fingerprint density at radius 1 is 1.15 bits per heavy atom. The van der Waals surface area contributed by atoms with Gasteiger partial charge in [0.1, 0.15) is 0 Å². The molecule has 2 aromatic rings. The minimum Gasteiger partial charge on any atom is -0.361 e. The van der Waals surface area contributed by atoms with Crippen LogP contribution in [0.1, 0.15) is 49.3 Å². The Balaban J connectivity index is 2.03. The topological polar surface area (TPSA) is 19.0 Å². The summed E-state index contributed by atoms with van der Waals surface area (Å²) in [7, 11) is 4.46. The number of aromatic nitrogens is 1. The highest BCUT2D eigenvalue weighted by Gasteiger charge is 2.28. The van der Waals surface area contributed by atoms with Crippen LogP contribution in [-0.2, 0) is 0 Å². The number of hydrogen-bond donors (Lipinski definition) is 1. The average molecular weight is 270 g/mol. The molecule has 2 nitrogen and oxygen atoms in total. The van der Waals surface area contributed by atoms with Crippen LogP contribution >= 0.6 is 0 Å². The Morgan fingerprint density at radius 2 is 1.90 bits per heavy atom. The highest BCUT2D eigenvalue weighted by molar-refractivity contribution is 5.86. The molecule has 0 radical (unpaired) electrons. The molecule has 1 unspecified atom stereocenters. The molecule has 1 aliphatic rings. The molecule has 3 rings (SSSR count). The van der Waals surface area contributed by atoms with Crippen LogP contribution in [0.5, 0.6) is 0 Å². The first kappa shape index (κ1) is 13.7. The molecule has 0 bridgehead atoms. The molecule has 1 atom stereocenters. The zero-order valence-corrected chi connectivity index (χ0v) is 12.9. The number of rotatable bonds is 3. The Kier molecular flexibility index (Phi) is 3.84. The summed E-state index contributed by atoms with van der Waals surface area (Å²) < 4.78 is 0. The van der Waals surface area contributed by atoms with E-state index in [-0.39, 0.29) is 0 Å². The number of H-pyrrole nitrogens is 1. The molecule has 108 valence electrons. The van der Waals surface area contributed by atoms with Gasteiger partial charge in [-0.25, -0.2) is 0 Å². The second-order valence-electron chi connectivity index (χ2n) is 6.55. The van der Waals surface area contributed by atoms with E-state index in [0.29, 0.717) is 6.04 Å². The van der Waals surface area contributed by atoms with Crippen LogP contribution in [0.4, 0.5) is 0 Å². The van der Waals surface area contributed by atoms with Crippen LogP contribution in [0, 0.1) is 12.8 Å². The van der Waals surface area contributed by atoms with Crippen molar-refractivity contribution in [2.45, 2.75) is 45.1 Å². The molecule has 0 spiro atoms. The standard InChI is InChI=1S/C18H26N2/c1-13-8-7-11-15-16(12-19-17(13)15)18(20(2)3)14-9-5-4-6-10-14/h7-8,11-12,14,18-19H,4-6,9-10H2,1-3H3. The van der Waals surface area contributed by atoms with Crippen molar-refractivity contribution in [1.29, 1.82) is 0 Å². The van der Waals surface area contributed by atoms with Crippen LogP contribution in [0.3, 0.4) is 0 Å². The van der Waals surface area contributed by atoms with Gasteiger partial charge in [0, 0.05) is 23.1 Å². The lowest BCUT2D eigenvalue weighted by atomic mass is 9.80. The molecule has 20 heavy (non-hydrogen) atoms. The van der Waals surface area contributed by atoms with Crippen LogP contribution in [0.2, 0.25) is 0 Å². The normalized spacial score (nSPS) is 18.8. The minimum atomic E-state index is 0.547. The molecule has 1 aromatic heterocycles. The third kappa shape index (κ3) is 2.37. The van der Waals surface area contributed by atoms with Crippen molar-refractivity contribution in [3.63, 3.8) is 0 Å². The van der Waals surface area contributed by atoms with E-state index in [2.05, 4.69) is 55.3 Å². The maximum Gasteiger partial charge on any atom is 0.0487 e. The number of aromatic amines is 1. The largest absolute Gasteiger partial charge is 0.361 e. The first-order valence-corrected chi connectivity index (χ1v) is 7.91. The van der Waals surface area contributed by atoms with Gasteiger partial charge in [-0.3, -0.25) is 0 Å².